The molecule has 1 aromatic heterocycles. The maximum Gasteiger partial charge on any atom is 0.364 e. The lowest BCUT2D eigenvalue weighted by atomic mass is 10.1. The molecule has 0 radical (unpaired) electrons. The fourth-order valence-electron chi connectivity index (χ4n) is 2.68. The van der Waals surface area contributed by atoms with Crippen molar-refractivity contribution < 1.29 is 27.1 Å². The summed E-state index contributed by atoms with van der Waals surface area (Å²) in [7, 11) is -4.19. The van der Waals surface area contributed by atoms with Crippen molar-refractivity contribution in [3.63, 3.8) is 0 Å². The maximum absolute atomic E-state index is 13.9. The second-order valence-electron chi connectivity index (χ2n) is 6.64. The number of aromatic nitrogens is 2. The number of rotatable bonds is 6. The van der Waals surface area contributed by atoms with Crippen molar-refractivity contribution in [3.8, 4) is 5.75 Å². The zero-order valence-corrected chi connectivity index (χ0v) is 18.0. The van der Waals surface area contributed by atoms with Gasteiger partial charge >= 0.3 is 5.97 Å². The molecule has 0 aliphatic rings. The van der Waals surface area contributed by atoms with E-state index in [0.717, 1.165) is 17.8 Å². The van der Waals surface area contributed by atoms with Crippen LogP contribution in [0.4, 0.5) is 4.39 Å². The van der Waals surface area contributed by atoms with Crippen LogP contribution in [0.25, 0.3) is 0 Å². The van der Waals surface area contributed by atoms with E-state index >= 15 is 0 Å². The Morgan fingerprint density at radius 2 is 1.87 bits per heavy atom. The van der Waals surface area contributed by atoms with Gasteiger partial charge in [0.1, 0.15) is 11.6 Å². The Morgan fingerprint density at radius 3 is 2.55 bits per heavy atom. The number of hydrogen-bond donors (Lipinski definition) is 0. The molecule has 0 fully saturated rings. The lowest BCUT2D eigenvalue weighted by Gasteiger charge is -2.10. The zero-order chi connectivity index (χ0) is 22.8. The Kier molecular flexibility index (Phi) is 6.47. The third-order valence-corrected chi connectivity index (χ3v) is 5.94. The predicted octanol–water partition coefficient (Wildman–Crippen LogP) is 3.97. The number of ketones is 1. The van der Waals surface area contributed by atoms with E-state index in [1.54, 1.807) is 13.0 Å². The second kappa shape index (κ2) is 8.91. The zero-order valence-electron chi connectivity index (χ0n) is 16.4. The van der Waals surface area contributed by atoms with Crippen molar-refractivity contribution >= 4 is 33.2 Å². The predicted molar refractivity (Wildman–Crippen MR) is 110 cm³/mol. The van der Waals surface area contributed by atoms with E-state index < -0.39 is 38.2 Å². The van der Waals surface area contributed by atoms with Crippen LogP contribution in [0.15, 0.2) is 53.8 Å². The molecule has 2 aromatic carbocycles. The highest BCUT2D eigenvalue weighted by molar-refractivity contribution is 7.90. The number of sulfone groups is 1. The van der Waals surface area contributed by atoms with Crippen molar-refractivity contribution in [2.75, 3.05) is 0 Å². The quantitative estimate of drug-likeness (QED) is 0.236. The summed E-state index contributed by atoms with van der Waals surface area (Å²) in [6, 6.07) is 10.0. The average molecular weight is 463 g/mol. The van der Waals surface area contributed by atoms with Gasteiger partial charge in [0.2, 0.25) is 15.0 Å². The highest BCUT2D eigenvalue weighted by Gasteiger charge is 2.25. The van der Waals surface area contributed by atoms with Crippen LogP contribution in [-0.2, 0) is 15.6 Å². The Hall–Kier alpha value is -3.17. The molecule has 0 bridgehead atoms. The minimum absolute atomic E-state index is 0.0112. The minimum Gasteiger partial charge on any atom is -0.421 e. The van der Waals surface area contributed by atoms with Gasteiger partial charge < -0.3 is 4.74 Å². The van der Waals surface area contributed by atoms with Gasteiger partial charge in [0.05, 0.1) is 22.5 Å². The van der Waals surface area contributed by atoms with Gasteiger partial charge in [-0.1, -0.05) is 35.9 Å². The number of ether oxygens (including phenoxy) is 1. The van der Waals surface area contributed by atoms with Gasteiger partial charge in [-0.3, -0.25) is 4.79 Å². The van der Waals surface area contributed by atoms with Gasteiger partial charge in [-0.15, -0.1) is 0 Å². The molecule has 10 heteroatoms. The van der Waals surface area contributed by atoms with Crippen molar-refractivity contribution in [2.24, 2.45) is 0 Å². The average Bonchev–Trinajstić information content (AvgIpc) is 2.69. The molecule has 0 atom stereocenters. The Labute approximate surface area is 182 Å². The fourth-order valence-corrected chi connectivity index (χ4v) is 4.07. The van der Waals surface area contributed by atoms with E-state index in [9.17, 15) is 22.4 Å². The minimum atomic E-state index is -4.19. The SMILES string of the molecule is CC(=O)c1ccc(C)cc1OC(=O)c1nc(S(=O)(=O)Cc2ccccc2F)ncc1Cl. The van der Waals surface area contributed by atoms with E-state index in [2.05, 4.69) is 9.97 Å². The summed E-state index contributed by atoms with van der Waals surface area (Å²) in [5.41, 5.74) is 0.321. The second-order valence-corrected chi connectivity index (χ2v) is 8.94. The van der Waals surface area contributed by atoms with Crippen molar-refractivity contribution in [2.45, 2.75) is 24.8 Å². The van der Waals surface area contributed by atoms with Crippen LogP contribution in [-0.4, -0.2) is 30.1 Å². The van der Waals surface area contributed by atoms with Crippen LogP contribution in [0.3, 0.4) is 0 Å². The van der Waals surface area contributed by atoms with E-state index in [4.69, 9.17) is 16.3 Å². The smallest absolute Gasteiger partial charge is 0.364 e. The summed E-state index contributed by atoms with van der Waals surface area (Å²) in [6.45, 7) is 3.05. The molecule has 0 saturated heterocycles. The van der Waals surface area contributed by atoms with Crippen LogP contribution in [0.5, 0.6) is 5.75 Å². The van der Waals surface area contributed by atoms with Crippen LogP contribution in [0, 0.1) is 12.7 Å². The molecule has 7 nitrogen and oxygen atoms in total. The van der Waals surface area contributed by atoms with E-state index in [1.165, 1.54) is 37.3 Å². The number of carbonyl (C=O) groups excluding carboxylic acids is 2. The first-order valence-electron chi connectivity index (χ1n) is 8.91. The topological polar surface area (TPSA) is 103 Å². The van der Waals surface area contributed by atoms with Crippen LogP contribution in [0.2, 0.25) is 5.02 Å². The first-order valence-corrected chi connectivity index (χ1v) is 10.9. The summed E-state index contributed by atoms with van der Waals surface area (Å²) in [5.74, 6) is -2.81. The number of esters is 1. The van der Waals surface area contributed by atoms with Gasteiger partial charge in [0, 0.05) is 5.56 Å². The summed E-state index contributed by atoms with van der Waals surface area (Å²) in [6.07, 6.45) is 0.946. The van der Waals surface area contributed by atoms with E-state index in [1.807, 2.05) is 0 Å². The highest BCUT2D eigenvalue weighted by Crippen LogP contribution is 2.24. The summed E-state index contributed by atoms with van der Waals surface area (Å²) in [4.78, 5) is 31.9. The molecule has 1 heterocycles. The molecule has 0 amide bonds. The monoisotopic (exact) mass is 462 g/mol. The molecule has 0 saturated carbocycles. The third-order valence-electron chi connectivity index (χ3n) is 4.22. The van der Waals surface area contributed by atoms with Crippen LogP contribution < -0.4 is 4.74 Å². The first kappa shape index (κ1) is 22.5. The molecule has 0 aliphatic heterocycles. The molecule has 31 heavy (non-hydrogen) atoms. The van der Waals surface area contributed by atoms with E-state index in [-0.39, 0.29) is 27.7 Å². The summed E-state index contributed by atoms with van der Waals surface area (Å²) in [5, 5.41) is -0.949. The molecule has 0 unspecified atom stereocenters. The Bertz CT molecular complexity index is 1290. The number of nitrogens with zero attached hydrogens (tertiary/aromatic N) is 2. The third kappa shape index (κ3) is 5.12. The number of carbonyl (C=O) groups is 2. The standard InChI is InChI=1S/C21H16ClFN2O5S/c1-12-7-8-15(13(2)26)18(9-12)30-20(27)19-16(22)10-24-21(25-19)31(28,29)11-14-5-3-4-6-17(14)23/h3-10H,11H2,1-2H3. The molecular formula is C21H16ClFN2O5S. The largest absolute Gasteiger partial charge is 0.421 e. The van der Waals surface area contributed by atoms with Crippen LogP contribution >= 0.6 is 11.6 Å². The van der Waals surface area contributed by atoms with Crippen molar-refractivity contribution in [1.29, 1.82) is 0 Å². The summed E-state index contributed by atoms with van der Waals surface area (Å²) < 4.78 is 44.4. The van der Waals surface area contributed by atoms with Gasteiger partial charge in [-0.2, -0.15) is 0 Å². The first-order chi connectivity index (χ1) is 14.6. The van der Waals surface area contributed by atoms with Crippen molar-refractivity contribution in [3.05, 3.63) is 81.9 Å². The lowest BCUT2D eigenvalue weighted by molar-refractivity contribution is 0.0725. The molecule has 3 aromatic rings. The van der Waals surface area contributed by atoms with Gasteiger partial charge in [0.25, 0.3) is 0 Å². The number of halogens is 2. The van der Waals surface area contributed by atoms with Gasteiger partial charge in [0.15, 0.2) is 11.5 Å². The highest BCUT2D eigenvalue weighted by atomic mass is 35.5. The van der Waals surface area contributed by atoms with E-state index in [0.29, 0.717) is 0 Å². The lowest BCUT2D eigenvalue weighted by Crippen LogP contribution is -2.17. The number of aryl methyl sites for hydroxylation is 1. The maximum atomic E-state index is 13.9. The molecule has 0 spiro atoms. The molecule has 0 aliphatic carbocycles. The van der Waals surface area contributed by atoms with Crippen LogP contribution in [0.1, 0.15) is 38.9 Å². The Morgan fingerprint density at radius 1 is 1.16 bits per heavy atom. The normalized spacial score (nSPS) is 11.2. The van der Waals surface area contributed by atoms with Crippen molar-refractivity contribution in [1.82, 2.24) is 9.97 Å². The molecule has 3 rings (SSSR count). The number of benzene rings is 2. The molecular weight excluding hydrogens is 447 g/mol. The number of hydrogen-bond acceptors (Lipinski definition) is 7. The Balaban J connectivity index is 1.94. The number of Topliss-reactive ketones (excluding diaryl/α,β-unsaturated/α-hetero) is 1. The van der Waals surface area contributed by atoms with Gasteiger partial charge in [-0.05, 0) is 37.6 Å². The summed E-state index contributed by atoms with van der Waals surface area (Å²) >= 11 is 5.98. The fraction of sp³-hybridized carbons (Fsp3) is 0.143. The molecule has 160 valence electrons. The van der Waals surface area contributed by atoms with Gasteiger partial charge in [-0.25, -0.2) is 27.6 Å². The molecule has 0 N–H and O–H groups in total.